The standard InChI is InChI=1S/C13H10Cl2FN3O/c14-10-5-8(17)6-11(15)12(10)19-13(20)18-9-3-1-7(16)2-4-9/h1-6H,17H2,(H2,18,19,20). The highest BCUT2D eigenvalue weighted by Gasteiger charge is 2.11. The highest BCUT2D eigenvalue weighted by molar-refractivity contribution is 6.40. The third-order valence-corrected chi connectivity index (χ3v) is 3.00. The summed E-state index contributed by atoms with van der Waals surface area (Å²) < 4.78 is 12.7. The number of carbonyl (C=O) groups is 1. The van der Waals surface area contributed by atoms with E-state index in [2.05, 4.69) is 10.6 Å². The zero-order chi connectivity index (χ0) is 14.7. The second-order valence-electron chi connectivity index (χ2n) is 3.95. The number of carbonyl (C=O) groups excluding carboxylic acids is 1. The summed E-state index contributed by atoms with van der Waals surface area (Å²) in [5.41, 5.74) is 6.65. The molecular weight excluding hydrogens is 304 g/mol. The second kappa shape index (κ2) is 5.98. The van der Waals surface area contributed by atoms with Gasteiger partial charge in [-0.2, -0.15) is 0 Å². The number of rotatable bonds is 2. The lowest BCUT2D eigenvalue weighted by molar-refractivity contribution is 0.262. The van der Waals surface area contributed by atoms with Gasteiger partial charge in [0.25, 0.3) is 0 Å². The van der Waals surface area contributed by atoms with Gasteiger partial charge in [-0.15, -0.1) is 0 Å². The lowest BCUT2D eigenvalue weighted by atomic mass is 10.3. The summed E-state index contributed by atoms with van der Waals surface area (Å²) in [6.45, 7) is 0. The van der Waals surface area contributed by atoms with E-state index in [0.29, 0.717) is 11.4 Å². The van der Waals surface area contributed by atoms with Crippen LogP contribution in [0.4, 0.5) is 26.2 Å². The van der Waals surface area contributed by atoms with Crippen molar-refractivity contribution in [2.75, 3.05) is 16.4 Å². The molecule has 0 radical (unpaired) electrons. The van der Waals surface area contributed by atoms with E-state index in [0.717, 1.165) is 0 Å². The van der Waals surface area contributed by atoms with Gasteiger partial charge in [0.2, 0.25) is 0 Å². The normalized spacial score (nSPS) is 10.2. The van der Waals surface area contributed by atoms with Crippen molar-refractivity contribution >= 4 is 46.3 Å². The molecule has 0 aromatic heterocycles. The minimum absolute atomic E-state index is 0.226. The van der Waals surface area contributed by atoms with Crippen LogP contribution in [0.1, 0.15) is 0 Å². The molecule has 2 rings (SSSR count). The molecule has 0 saturated heterocycles. The van der Waals surface area contributed by atoms with Crippen LogP contribution in [0.2, 0.25) is 10.0 Å². The van der Waals surface area contributed by atoms with Gasteiger partial charge in [0, 0.05) is 11.4 Å². The Labute approximate surface area is 124 Å². The zero-order valence-corrected chi connectivity index (χ0v) is 11.6. The van der Waals surface area contributed by atoms with Crippen LogP contribution in [-0.2, 0) is 0 Å². The summed E-state index contributed by atoms with van der Waals surface area (Å²) in [6.07, 6.45) is 0. The van der Waals surface area contributed by atoms with E-state index in [4.69, 9.17) is 28.9 Å². The first kappa shape index (κ1) is 14.4. The molecule has 0 aliphatic heterocycles. The predicted octanol–water partition coefficient (Wildman–Crippen LogP) is 4.36. The van der Waals surface area contributed by atoms with Crippen LogP contribution in [0.25, 0.3) is 0 Å². The molecule has 0 aliphatic carbocycles. The number of amides is 2. The number of halogens is 3. The molecule has 4 nitrogen and oxygen atoms in total. The molecule has 7 heteroatoms. The van der Waals surface area contributed by atoms with E-state index in [-0.39, 0.29) is 21.5 Å². The van der Waals surface area contributed by atoms with Gasteiger partial charge in [0.1, 0.15) is 5.82 Å². The van der Waals surface area contributed by atoms with E-state index in [1.54, 1.807) is 0 Å². The first-order valence-electron chi connectivity index (χ1n) is 5.54. The van der Waals surface area contributed by atoms with Crippen molar-refractivity contribution in [2.24, 2.45) is 0 Å². The Morgan fingerprint density at radius 2 is 1.60 bits per heavy atom. The molecule has 0 bridgehead atoms. The Balaban J connectivity index is 2.10. The zero-order valence-electron chi connectivity index (χ0n) is 10.1. The molecule has 0 saturated carbocycles. The third-order valence-electron chi connectivity index (χ3n) is 2.41. The monoisotopic (exact) mass is 313 g/mol. The number of urea groups is 1. The van der Waals surface area contributed by atoms with E-state index >= 15 is 0 Å². The van der Waals surface area contributed by atoms with Gasteiger partial charge in [-0.05, 0) is 36.4 Å². The largest absolute Gasteiger partial charge is 0.399 e. The van der Waals surface area contributed by atoms with Crippen molar-refractivity contribution < 1.29 is 9.18 Å². The molecule has 104 valence electrons. The van der Waals surface area contributed by atoms with E-state index in [9.17, 15) is 9.18 Å². The summed E-state index contributed by atoms with van der Waals surface area (Å²) in [5.74, 6) is -0.388. The molecule has 0 fully saturated rings. The molecule has 2 aromatic rings. The fraction of sp³-hybridized carbons (Fsp3) is 0. The fourth-order valence-electron chi connectivity index (χ4n) is 1.52. The Bertz CT molecular complexity index is 624. The van der Waals surface area contributed by atoms with Gasteiger partial charge >= 0.3 is 6.03 Å². The molecule has 0 aliphatic rings. The van der Waals surface area contributed by atoms with Crippen molar-refractivity contribution in [3.8, 4) is 0 Å². The van der Waals surface area contributed by atoms with Crippen molar-refractivity contribution in [3.63, 3.8) is 0 Å². The van der Waals surface area contributed by atoms with Crippen molar-refractivity contribution in [3.05, 3.63) is 52.3 Å². The maximum Gasteiger partial charge on any atom is 0.323 e. The Morgan fingerprint density at radius 3 is 2.15 bits per heavy atom. The molecule has 4 N–H and O–H groups in total. The van der Waals surface area contributed by atoms with E-state index < -0.39 is 6.03 Å². The number of nitrogens with two attached hydrogens (primary N) is 1. The number of anilines is 3. The van der Waals surface area contributed by atoms with Gasteiger partial charge in [0.05, 0.1) is 15.7 Å². The van der Waals surface area contributed by atoms with Gasteiger partial charge in [-0.3, -0.25) is 0 Å². The third kappa shape index (κ3) is 3.53. The number of hydrogen-bond donors (Lipinski definition) is 3. The molecule has 0 heterocycles. The minimum atomic E-state index is -0.551. The SMILES string of the molecule is Nc1cc(Cl)c(NC(=O)Nc2ccc(F)cc2)c(Cl)c1. The summed E-state index contributed by atoms with van der Waals surface area (Å²) in [4.78, 5) is 11.8. The summed E-state index contributed by atoms with van der Waals surface area (Å²) >= 11 is 11.9. The van der Waals surface area contributed by atoms with Gasteiger partial charge in [-0.1, -0.05) is 23.2 Å². The number of nitrogen functional groups attached to an aromatic ring is 1. The quantitative estimate of drug-likeness (QED) is 0.721. The summed E-state index contributed by atoms with van der Waals surface area (Å²) in [7, 11) is 0. The number of hydrogen-bond acceptors (Lipinski definition) is 2. The first-order valence-corrected chi connectivity index (χ1v) is 6.29. The minimum Gasteiger partial charge on any atom is -0.399 e. The molecular formula is C13H10Cl2FN3O. The fourth-order valence-corrected chi connectivity index (χ4v) is 2.12. The second-order valence-corrected chi connectivity index (χ2v) is 4.76. The van der Waals surface area contributed by atoms with Crippen LogP contribution in [0.5, 0.6) is 0 Å². The molecule has 2 aromatic carbocycles. The lowest BCUT2D eigenvalue weighted by Crippen LogP contribution is -2.19. The molecule has 0 atom stereocenters. The predicted molar refractivity (Wildman–Crippen MR) is 79.9 cm³/mol. The smallest absolute Gasteiger partial charge is 0.323 e. The van der Waals surface area contributed by atoms with Crippen LogP contribution >= 0.6 is 23.2 Å². The van der Waals surface area contributed by atoms with E-state index in [1.807, 2.05) is 0 Å². The summed E-state index contributed by atoms with van der Waals surface area (Å²) in [5, 5.41) is 5.48. The Kier molecular flexibility index (Phi) is 4.32. The lowest BCUT2D eigenvalue weighted by Gasteiger charge is -2.11. The van der Waals surface area contributed by atoms with Crippen LogP contribution < -0.4 is 16.4 Å². The maximum absolute atomic E-state index is 12.7. The number of benzene rings is 2. The van der Waals surface area contributed by atoms with Gasteiger partial charge in [0.15, 0.2) is 0 Å². The van der Waals surface area contributed by atoms with Gasteiger partial charge in [-0.25, -0.2) is 9.18 Å². The Morgan fingerprint density at radius 1 is 1.05 bits per heavy atom. The first-order chi connectivity index (χ1) is 9.45. The topological polar surface area (TPSA) is 67.1 Å². The van der Waals surface area contributed by atoms with Crippen LogP contribution in [-0.4, -0.2) is 6.03 Å². The molecule has 2 amide bonds. The van der Waals surface area contributed by atoms with Crippen LogP contribution in [0.15, 0.2) is 36.4 Å². The van der Waals surface area contributed by atoms with E-state index in [1.165, 1.54) is 36.4 Å². The molecule has 20 heavy (non-hydrogen) atoms. The van der Waals surface area contributed by atoms with Crippen molar-refractivity contribution in [1.29, 1.82) is 0 Å². The highest BCUT2D eigenvalue weighted by Crippen LogP contribution is 2.32. The summed E-state index contributed by atoms with van der Waals surface area (Å²) in [6, 6.07) is 7.73. The van der Waals surface area contributed by atoms with Crippen molar-refractivity contribution in [1.82, 2.24) is 0 Å². The Hall–Kier alpha value is -1.98. The molecule has 0 spiro atoms. The highest BCUT2D eigenvalue weighted by atomic mass is 35.5. The van der Waals surface area contributed by atoms with Crippen molar-refractivity contribution in [2.45, 2.75) is 0 Å². The maximum atomic E-state index is 12.7. The average Bonchev–Trinajstić information content (AvgIpc) is 2.36. The number of nitrogens with one attached hydrogen (secondary N) is 2. The molecule has 0 unspecified atom stereocenters. The average molecular weight is 314 g/mol. The van der Waals surface area contributed by atoms with Crippen LogP contribution in [0.3, 0.4) is 0 Å². The van der Waals surface area contributed by atoms with Crippen LogP contribution in [0, 0.1) is 5.82 Å². The van der Waals surface area contributed by atoms with Gasteiger partial charge < -0.3 is 16.4 Å².